The largest absolute Gasteiger partial charge is 0.486 e. The number of amides is 1. The zero-order chi connectivity index (χ0) is 19.9. The molecular weight excluding hydrogens is 367 g/mol. The predicted molar refractivity (Wildman–Crippen MR) is 96.7 cm³/mol. The molecule has 1 amide bonds. The van der Waals surface area contributed by atoms with Crippen LogP contribution in [-0.4, -0.2) is 38.2 Å². The van der Waals surface area contributed by atoms with Gasteiger partial charge in [-0.05, 0) is 30.3 Å². The first kappa shape index (κ1) is 19.2. The summed E-state index contributed by atoms with van der Waals surface area (Å²) in [6, 6.07) is 12.0. The van der Waals surface area contributed by atoms with Crippen LogP contribution in [0, 0.1) is 17.1 Å². The number of fused-ring (bicyclic) bond motifs is 1. The maximum atomic E-state index is 13.2. The average Bonchev–Trinajstić information content (AvgIpc) is 2.72. The van der Waals surface area contributed by atoms with Crippen LogP contribution in [0.1, 0.15) is 16.8 Å². The van der Waals surface area contributed by atoms with Crippen molar-refractivity contribution in [3.05, 3.63) is 53.8 Å². The molecule has 0 unspecified atom stereocenters. The third kappa shape index (κ3) is 4.57. The van der Waals surface area contributed by atoms with Gasteiger partial charge in [0.15, 0.2) is 18.1 Å². The quantitative estimate of drug-likeness (QED) is 0.712. The summed E-state index contributed by atoms with van der Waals surface area (Å²) in [5.41, 5.74) is 0.502. The zero-order valence-electron chi connectivity index (χ0n) is 14.9. The summed E-state index contributed by atoms with van der Waals surface area (Å²) in [5, 5.41) is 8.88. The lowest BCUT2D eigenvalue weighted by molar-refractivity contribution is -0.121. The van der Waals surface area contributed by atoms with Gasteiger partial charge in [0.05, 0.1) is 18.1 Å². The standard InChI is InChI=1S/C20H17FN2O5/c21-15-4-1-3-14(11-15)20(25)28-13-19(24)23(8-2-7-22)16-5-6-17-18(12-16)27-10-9-26-17/h1,3-6,11-12H,2,8-10,13H2. The number of benzene rings is 2. The molecule has 0 N–H and O–H groups in total. The first-order chi connectivity index (χ1) is 13.6. The van der Waals surface area contributed by atoms with Gasteiger partial charge in [-0.25, -0.2) is 9.18 Å². The van der Waals surface area contributed by atoms with Crippen molar-refractivity contribution < 1.29 is 28.2 Å². The summed E-state index contributed by atoms with van der Waals surface area (Å²) in [6.45, 7) is 0.412. The van der Waals surface area contributed by atoms with Gasteiger partial charge in [-0.1, -0.05) is 6.07 Å². The zero-order valence-corrected chi connectivity index (χ0v) is 14.9. The van der Waals surface area contributed by atoms with Crippen LogP contribution in [0.2, 0.25) is 0 Å². The summed E-state index contributed by atoms with van der Waals surface area (Å²) in [6.07, 6.45) is 0.0953. The van der Waals surface area contributed by atoms with Crippen LogP contribution < -0.4 is 14.4 Å². The highest BCUT2D eigenvalue weighted by atomic mass is 19.1. The number of hydrogen-bond donors (Lipinski definition) is 0. The molecule has 0 saturated heterocycles. The Bertz CT molecular complexity index is 925. The molecule has 1 aliphatic heterocycles. The second-order valence-corrected chi connectivity index (χ2v) is 5.87. The van der Waals surface area contributed by atoms with E-state index >= 15 is 0 Å². The second-order valence-electron chi connectivity index (χ2n) is 5.87. The van der Waals surface area contributed by atoms with E-state index in [-0.39, 0.29) is 18.5 Å². The summed E-state index contributed by atoms with van der Waals surface area (Å²) in [5.74, 6) is -0.838. The van der Waals surface area contributed by atoms with Crippen LogP contribution >= 0.6 is 0 Å². The maximum absolute atomic E-state index is 13.2. The van der Waals surface area contributed by atoms with E-state index in [1.165, 1.54) is 23.1 Å². The molecule has 1 aliphatic rings. The van der Waals surface area contributed by atoms with Crippen molar-refractivity contribution in [3.8, 4) is 17.6 Å². The molecule has 0 atom stereocenters. The van der Waals surface area contributed by atoms with Gasteiger partial charge >= 0.3 is 5.97 Å². The molecule has 2 aromatic rings. The third-order valence-corrected chi connectivity index (χ3v) is 3.97. The number of anilines is 1. The van der Waals surface area contributed by atoms with E-state index < -0.39 is 24.3 Å². The van der Waals surface area contributed by atoms with Gasteiger partial charge < -0.3 is 19.1 Å². The molecule has 144 valence electrons. The lowest BCUT2D eigenvalue weighted by Gasteiger charge is -2.24. The third-order valence-electron chi connectivity index (χ3n) is 3.97. The highest BCUT2D eigenvalue weighted by molar-refractivity contribution is 5.97. The van der Waals surface area contributed by atoms with Crippen LogP contribution in [-0.2, 0) is 9.53 Å². The summed E-state index contributed by atoms with van der Waals surface area (Å²) in [4.78, 5) is 26.0. The minimum absolute atomic E-state index is 0.00991. The Hall–Kier alpha value is -3.60. The average molecular weight is 384 g/mol. The van der Waals surface area contributed by atoms with E-state index in [0.29, 0.717) is 30.4 Å². The lowest BCUT2D eigenvalue weighted by Crippen LogP contribution is -2.35. The van der Waals surface area contributed by atoms with E-state index in [2.05, 4.69) is 0 Å². The molecule has 1 heterocycles. The van der Waals surface area contributed by atoms with E-state index in [0.717, 1.165) is 6.07 Å². The van der Waals surface area contributed by atoms with Gasteiger partial charge in [0, 0.05) is 18.3 Å². The topological polar surface area (TPSA) is 88.9 Å². The normalized spacial score (nSPS) is 12.0. The molecule has 0 bridgehead atoms. The Balaban J connectivity index is 1.71. The van der Waals surface area contributed by atoms with Crippen LogP contribution in [0.15, 0.2) is 42.5 Å². The van der Waals surface area contributed by atoms with Crippen LogP contribution in [0.25, 0.3) is 0 Å². The molecular formula is C20H17FN2O5. The Morgan fingerprint density at radius 3 is 2.68 bits per heavy atom. The molecule has 0 aliphatic carbocycles. The summed E-state index contributed by atoms with van der Waals surface area (Å²) < 4.78 is 29.2. The second kappa shape index (κ2) is 8.86. The molecule has 3 rings (SSSR count). The molecule has 7 nitrogen and oxygen atoms in total. The smallest absolute Gasteiger partial charge is 0.338 e. The van der Waals surface area contributed by atoms with Crippen molar-refractivity contribution in [2.45, 2.75) is 6.42 Å². The van der Waals surface area contributed by atoms with Gasteiger partial charge in [-0.2, -0.15) is 5.26 Å². The van der Waals surface area contributed by atoms with E-state index in [1.54, 1.807) is 18.2 Å². The van der Waals surface area contributed by atoms with E-state index in [9.17, 15) is 14.0 Å². The van der Waals surface area contributed by atoms with Crippen molar-refractivity contribution >= 4 is 17.6 Å². The van der Waals surface area contributed by atoms with Gasteiger partial charge in [-0.15, -0.1) is 0 Å². The minimum atomic E-state index is -0.810. The number of rotatable bonds is 6. The van der Waals surface area contributed by atoms with Crippen LogP contribution in [0.3, 0.4) is 0 Å². The van der Waals surface area contributed by atoms with E-state index in [1.807, 2.05) is 6.07 Å². The Morgan fingerprint density at radius 2 is 1.93 bits per heavy atom. The Morgan fingerprint density at radius 1 is 1.14 bits per heavy atom. The molecule has 28 heavy (non-hydrogen) atoms. The Labute approximate surface area is 160 Å². The van der Waals surface area contributed by atoms with Crippen molar-refractivity contribution in [1.82, 2.24) is 0 Å². The molecule has 0 radical (unpaired) electrons. The number of hydrogen-bond acceptors (Lipinski definition) is 6. The Kier molecular flexibility index (Phi) is 6.07. The fourth-order valence-electron chi connectivity index (χ4n) is 2.66. The molecule has 8 heteroatoms. The SMILES string of the molecule is N#CCCN(C(=O)COC(=O)c1cccc(F)c1)c1ccc2c(c1)OCCO2. The number of halogens is 1. The number of esters is 1. The van der Waals surface area contributed by atoms with Crippen molar-refractivity contribution in [3.63, 3.8) is 0 Å². The van der Waals surface area contributed by atoms with Crippen molar-refractivity contribution in [2.24, 2.45) is 0 Å². The van der Waals surface area contributed by atoms with Crippen LogP contribution in [0.4, 0.5) is 10.1 Å². The molecule has 0 aromatic heterocycles. The molecule has 0 fully saturated rings. The van der Waals surface area contributed by atoms with Crippen LogP contribution in [0.5, 0.6) is 11.5 Å². The predicted octanol–water partition coefficient (Wildman–Crippen LogP) is 2.70. The molecule has 0 spiro atoms. The van der Waals surface area contributed by atoms with Gasteiger partial charge in [0.1, 0.15) is 19.0 Å². The lowest BCUT2D eigenvalue weighted by atomic mass is 10.2. The number of carbonyl (C=O) groups is 2. The monoisotopic (exact) mass is 384 g/mol. The summed E-state index contributed by atoms with van der Waals surface area (Å²) >= 11 is 0. The highest BCUT2D eigenvalue weighted by Gasteiger charge is 2.21. The first-order valence-electron chi connectivity index (χ1n) is 8.58. The maximum Gasteiger partial charge on any atom is 0.338 e. The van der Waals surface area contributed by atoms with Gasteiger partial charge in [-0.3, -0.25) is 4.79 Å². The fourth-order valence-corrected chi connectivity index (χ4v) is 2.66. The van der Waals surface area contributed by atoms with Crippen molar-refractivity contribution in [1.29, 1.82) is 5.26 Å². The van der Waals surface area contributed by atoms with Crippen molar-refractivity contribution in [2.75, 3.05) is 31.3 Å². The van der Waals surface area contributed by atoms with E-state index in [4.69, 9.17) is 19.5 Å². The highest BCUT2D eigenvalue weighted by Crippen LogP contribution is 2.34. The number of ether oxygens (including phenoxy) is 3. The minimum Gasteiger partial charge on any atom is -0.486 e. The molecule has 2 aromatic carbocycles. The van der Waals surface area contributed by atoms with Gasteiger partial charge in [0.2, 0.25) is 0 Å². The van der Waals surface area contributed by atoms with Gasteiger partial charge in [0.25, 0.3) is 5.91 Å². The number of nitrogens with zero attached hydrogens (tertiary/aromatic N) is 2. The first-order valence-corrected chi connectivity index (χ1v) is 8.58. The fraction of sp³-hybridized carbons (Fsp3) is 0.250. The molecule has 0 saturated carbocycles. The number of nitriles is 1. The number of carbonyl (C=O) groups excluding carboxylic acids is 2. The summed E-state index contributed by atoms with van der Waals surface area (Å²) in [7, 11) is 0.